The number of benzene rings is 3. The molecule has 6 heteroatoms. The van der Waals surface area contributed by atoms with Crippen LogP contribution in [0.2, 0.25) is 0 Å². The van der Waals surface area contributed by atoms with Crippen molar-refractivity contribution in [3.63, 3.8) is 0 Å². The van der Waals surface area contributed by atoms with Gasteiger partial charge in [0.2, 0.25) is 0 Å². The van der Waals surface area contributed by atoms with Crippen molar-refractivity contribution < 1.29 is 14.3 Å². The third kappa shape index (κ3) is 9.13. The molecule has 3 rings (SSSR count). The summed E-state index contributed by atoms with van der Waals surface area (Å²) in [5.74, 6) is 0.195. The highest BCUT2D eigenvalue weighted by Crippen LogP contribution is 2.31. The lowest BCUT2D eigenvalue weighted by molar-refractivity contribution is -0.131. The zero-order valence-electron chi connectivity index (χ0n) is 20.5. The lowest BCUT2D eigenvalue weighted by atomic mass is 10.1. The van der Waals surface area contributed by atoms with E-state index in [1.54, 1.807) is 17.8 Å². The van der Waals surface area contributed by atoms with Crippen molar-refractivity contribution in [2.75, 3.05) is 11.4 Å². The molecule has 0 aliphatic carbocycles. The topological polar surface area (TPSA) is 58.6 Å². The highest BCUT2D eigenvalue weighted by molar-refractivity contribution is 7.99. The van der Waals surface area contributed by atoms with Crippen LogP contribution in [0.5, 0.6) is 5.75 Å². The number of esters is 1. The van der Waals surface area contributed by atoms with Gasteiger partial charge in [-0.15, -0.1) is 0 Å². The molecule has 1 N–H and O–H groups in total. The van der Waals surface area contributed by atoms with Crippen molar-refractivity contribution in [3.8, 4) is 5.75 Å². The number of unbranched alkanes of at least 4 members (excludes halogenated alkanes) is 4. The van der Waals surface area contributed by atoms with Crippen molar-refractivity contribution in [1.82, 2.24) is 5.32 Å². The number of urea groups is 1. The quantitative estimate of drug-likeness (QED) is 0.163. The fourth-order valence-electron chi connectivity index (χ4n) is 3.69. The Balaban J connectivity index is 1.66. The van der Waals surface area contributed by atoms with E-state index in [1.807, 2.05) is 77.7 Å². The molecule has 0 aromatic heterocycles. The van der Waals surface area contributed by atoms with E-state index in [9.17, 15) is 9.59 Å². The Hall–Kier alpha value is -3.25. The van der Waals surface area contributed by atoms with Crippen LogP contribution in [-0.4, -0.2) is 18.5 Å². The first-order valence-electron chi connectivity index (χ1n) is 12.2. The number of nitrogens with zero attached hydrogens (tertiary/aromatic N) is 1. The van der Waals surface area contributed by atoms with Gasteiger partial charge in [-0.2, -0.15) is 0 Å². The van der Waals surface area contributed by atoms with Gasteiger partial charge in [-0.1, -0.05) is 80.8 Å². The van der Waals surface area contributed by atoms with Gasteiger partial charge in [0, 0.05) is 35.5 Å². The van der Waals surface area contributed by atoms with Gasteiger partial charge in [0.05, 0.1) is 0 Å². The van der Waals surface area contributed by atoms with Crippen molar-refractivity contribution in [1.29, 1.82) is 0 Å². The molecule has 0 fully saturated rings. The van der Waals surface area contributed by atoms with Crippen LogP contribution in [0.4, 0.5) is 10.5 Å². The first kappa shape index (κ1) is 26.4. The Kier molecular flexibility index (Phi) is 10.7. The minimum atomic E-state index is -0.336. The Morgan fingerprint density at radius 2 is 1.60 bits per heavy atom. The van der Waals surface area contributed by atoms with E-state index in [0.29, 0.717) is 18.8 Å². The van der Waals surface area contributed by atoms with Gasteiger partial charge in [0.25, 0.3) is 0 Å². The number of carbonyl (C=O) groups is 2. The number of amides is 2. The lowest BCUT2D eigenvalue weighted by Gasteiger charge is -2.24. The highest BCUT2D eigenvalue weighted by atomic mass is 32.2. The van der Waals surface area contributed by atoms with Gasteiger partial charge in [-0.3, -0.25) is 9.69 Å². The molecule has 0 unspecified atom stereocenters. The Labute approximate surface area is 212 Å². The molecule has 184 valence electrons. The van der Waals surface area contributed by atoms with Crippen molar-refractivity contribution >= 4 is 29.4 Å². The zero-order chi connectivity index (χ0) is 24.9. The summed E-state index contributed by atoms with van der Waals surface area (Å²) in [6, 6.07) is 25.3. The third-order valence-electron chi connectivity index (χ3n) is 5.47. The number of rotatable bonds is 12. The molecule has 0 aliphatic rings. The summed E-state index contributed by atoms with van der Waals surface area (Å²) in [7, 11) is 0. The summed E-state index contributed by atoms with van der Waals surface area (Å²) in [6.45, 7) is 4.78. The maximum atomic E-state index is 13.1. The maximum Gasteiger partial charge on any atom is 0.322 e. The molecule has 3 aromatic carbocycles. The summed E-state index contributed by atoms with van der Waals surface area (Å²) in [5, 5.41) is 3.07. The predicted octanol–water partition coefficient (Wildman–Crippen LogP) is 7.45. The minimum absolute atomic E-state index is 0.0844. The lowest BCUT2D eigenvalue weighted by Crippen LogP contribution is -2.40. The largest absolute Gasteiger partial charge is 0.427 e. The second-order valence-electron chi connectivity index (χ2n) is 8.37. The van der Waals surface area contributed by atoms with E-state index >= 15 is 0 Å². The zero-order valence-corrected chi connectivity index (χ0v) is 21.4. The molecule has 5 nitrogen and oxygen atoms in total. The fourth-order valence-corrected chi connectivity index (χ4v) is 4.55. The summed E-state index contributed by atoms with van der Waals surface area (Å²) in [5.41, 5.74) is 1.95. The van der Waals surface area contributed by atoms with E-state index in [4.69, 9.17) is 4.74 Å². The summed E-state index contributed by atoms with van der Waals surface area (Å²) >= 11 is 1.58. The number of hydrogen-bond acceptors (Lipinski definition) is 4. The van der Waals surface area contributed by atoms with Crippen LogP contribution in [0.25, 0.3) is 0 Å². The summed E-state index contributed by atoms with van der Waals surface area (Å²) in [4.78, 5) is 28.2. The maximum absolute atomic E-state index is 13.1. The standard InChI is InChI=1S/C29H34N2O3S/c1-3-4-5-6-10-20-31(29(33)30-22-24-12-8-7-9-13-24)25-16-18-27(19-17-25)35-28-15-11-14-26(21-28)34-23(2)32/h7-9,11-19,21H,3-6,10,20,22H2,1-2H3,(H,30,33). The van der Waals surface area contributed by atoms with E-state index in [1.165, 1.54) is 26.2 Å². The first-order chi connectivity index (χ1) is 17.0. The molecule has 3 aromatic rings. The fraction of sp³-hybridized carbons (Fsp3) is 0.310. The Bertz CT molecular complexity index is 1070. The van der Waals surface area contributed by atoms with Crippen LogP contribution in [0.3, 0.4) is 0 Å². The van der Waals surface area contributed by atoms with E-state index in [0.717, 1.165) is 33.9 Å². The van der Waals surface area contributed by atoms with Gasteiger partial charge >= 0.3 is 12.0 Å². The average Bonchev–Trinajstić information content (AvgIpc) is 2.86. The van der Waals surface area contributed by atoms with Crippen LogP contribution in [0.1, 0.15) is 51.5 Å². The molecule has 2 amide bonds. The van der Waals surface area contributed by atoms with Gasteiger partial charge in [0.1, 0.15) is 5.75 Å². The van der Waals surface area contributed by atoms with E-state index in [2.05, 4.69) is 12.2 Å². The van der Waals surface area contributed by atoms with E-state index in [-0.39, 0.29) is 12.0 Å². The van der Waals surface area contributed by atoms with Crippen molar-refractivity contribution in [3.05, 3.63) is 84.4 Å². The number of hydrogen-bond donors (Lipinski definition) is 1. The van der Waals surface area contributed by atoms with Gasteiger partial charge in [-0.25, -0.2) is 4.79 Å². The summed E-state index contributed by atoms with van der Waals surface area (Å²) < 4.78 is 5.18. The Morgan fingerprint density at radius 3 is 2.31 bits per heavy atom. The molecule has 0 saturated heterocycles. The molecule has 0 spiro atoms. The van der Waals surface area contributed by atoms with Crippen LogP contribution in [0, 0.1) is 0 Å². The average molecular weight is 491 g/mol. The normalized spacial score (nSPS) is 10.6. The Morgan fingerprint density at radius 1 is 0.857 bits per heavy atom. The van der Waals surface area contributed by atoms with Crippen molar-refractivity contribution in [2.24, 2.45) is 0 Å². The first-order valence-corrected chi connectivity index (χ1v) is 13.0. The third-order valence-corrected chi connectivity index (χ3v) is 6.47. The number of ether oxygens (including phenoxy) is 1. The SMILES string of the molecule is CCCCCCCN(C(=O)NCc1ccccc1)c1ccc(Sc2cccc(OC(C)=O)c2)cc1. The molecule has 0 bridgehead atoms. The smallest absolute Gasteiger partial charge is 0.322 e. The molecule has 0 atom stereocenters. The second-order valence-corrected chi connectivity index (χ2v) is 9.52. The predicted molar refractivity (Wildman–Crippen MR) is 143 cm³/mol. The van der Waals surface area contributed by atoms with Gasteiger partial charge < -0.3 is 10.1 Å². The van der Waals surface area contributed by atoms with Gasteiger partial charge in [-0.05, 0) is 54.4 Å². The molecule has 0 radical (unpaired) electrons. The van der Waals surface area contributed by atoms with Crippen LogP contribution in [-0.2, 0) is 11.3 Å². The number of nitrogens with one attached hydrogen (secondary N) is 1. The highest BCUT2D eigenvalue weighted by Gasteiger charge is 2.15. The molecular weight excluding hydrogens is 456 g/mol. The number of anilines is 1. The monoisotopic (exact) mass is 490 g/mol. The molecule has 35 heavy (non-hydrogen) atoms. The van der Waals surface area contributed by atoms with Crippen LogP contribution >= 0.6 is 11.8 Å². The molecule has 0 aliphatic heterocycles. The van der Waals surface area contributed by atoms with Gasteiger partial charge in [0.15, 0.2) is 0 Å². The molecule has 0 saturated carbocycles. The van der Waals surface area contributed by atoms with Crippen molar-refractivity contribution in [2.45, 2.75) is 62.3 Å². The van der Waals surface area contributed by atoms with Crippen LogP contribution < -0.4 is 15.0 Å². The molecule has 0 heterocycles. The minimum Gasteiger partial charge on any atom is -0.427 e. The summed E-state index contributed by atoms with van der Waals surface area (Å²) in [6.07, 6.45) is 5.70. The second kappa shape index (κ2) is 14.2. The van der Waals surface area contributed by atoms with Crippen LogP contribution in [0.15, 0.2) is 88.7 Å². The van der Waals surface area contributed by atoms with E-state index < -0.39 is 0 Å². The number of carbonyl (C=O) groups excluding carboxylic acids is 2. The molecular formula is C29H34N2O3S.